The van der Waals surface area contributed by atoms with E-state index in [2.05, 4.69) is 4.98 Å². The van der Waals surface area contributed by atoms with E-state index in [1.54, 1.807) is 5.38 Å². The summed E-state index contributed by atoms with van der Waals surface area (Å²) in [5.74, 6) is 0.0173. The predicted octanol–water partition coefficient (Wildman–Crippen LogP) is 1.14. The van der Waals surface area contributed by atoms with Crippen LogP contribution in [-0.2, 0) is 27.5 Å². The fraction of sp³-hybridized carbons (Fsp3) is 0.636. The lowest BCUT2D eigenvalue weighted by molar-refractivity contribution is -0.136. The summed E-state index contributed by atoms with van der Waals surface area (Å²) in [7, 11) is -2.81. The summed E-state index contributed by atoms with van der Waals surface area (Å²) in [6.07, 6.45) is 2.10. The van der Waals surface area contributed by atoms with Gasteiger partial charge in [0.1, 0.15) is 9.84 Å². The zero-order valence-electron chi connectivity index (χ0n) is 9.83. The molecular weight excluding hydrogens is 274 g/mol. The molecular formula is C11H15NO4S2. The van der Waals surface area contributed by atoms with E-state index in [9.17, 15) is 13.2 Å². The Bertz CT molecular complexity index is 521. The van der Waals surface area contributed by atoms with Gasteiger partial charge >= 0.3 is 5.97 Å². The van der Waals surface area contributed by atoms with Gasteiger partial charge in [-0.2, -0.15) is 0 Å². The third-order valence-corrected chi connectivity index (χ3v) is 5.70. The molecule has 0 aliphatic carbocycles. The first-order valence-corrected chi connectivity index (χ1v) is 8.50. The van der Waals surface area contributed by atoms with Crippen molar-refractivity contribution in [2.45, 2.75) is 25.7 Å². The summed E-state index contributed by atoms with van der Waals surface area (Å²) in [5.41, 5.74) is 0.589. The van der Waals surface area contributed by atoms with E-state index in [1.807, 2.05) is 0 Å². The Balaban J connectivity index is 1.90. The number of carboxylic acids is 1. The Hall–Kier alpha value is -0.950. The molecule has 0 amide bonds. The first kappa shape index (κ1) is 13.5. The van der Waals surface area contributed by atoms with Crippen molar-refractivity contribution >= 4 is 27.1 Å². The molecule has 1 saturated heterocycles. The van der Waals surface area contributed by atoms with Crippen molar-refractivity contribution in [3.63, 3.8) is 0 Å². The van der Waals surface area contributed by atoms with E-state index >= 15 is 0 Å². The molecule has 1 aromatic heterocycles. The number of hydrogen-bond acceptors (Lipinski definition) is 5. The lowest BCUT2D eigenvalue weighted by Gasteiger charge is -2.20. The molecule has 5 nitrogen and oxygen atoms in total. The van der Waals surface area contributed by atoms with Crippen molar-refractivity contribution in [3.05, 3.63) is 16.1 Å². The Morgan fingerprint density at radius 2 is 2.11 bits per heavy atom. The van der Waals surface area contributed by atoms with E-state index in [0.29, 0.717) is 24.5 Å². The van der Waals surface area contributed by atoms with Gasteiger partial charge < -0.3 is 5.11 Å². The molecule has 1 fully saturated rings. The molecule has 1 aromatic rings. The molecule has 7 heteroatoms. The summed E-state index contributed by atoms with van der Waals surface area (Å²) in [6, 6.07) is 0. The van der Waals surface area contributed by atoms with Crippen LogP contribution >= 0.6 is 11.3 Å². The molecule has 18 heavy (non-hydrogen) atoms. The van der Waals surface area contributed by atoms with Gasteiger partial charge in [0.25, 0.3) is 0 Å². The van der Waals surface area contributed by atoms with Crippen molar-refractivity contribution in [2.75, 3.05) is 11.5 Å². The summed E-state index contributed by atoms with van der Waals surface area (Å²) in [6.45, 7) is 0. The minimum Gasteiger partial charge on any atom is -0.481 e. The second kappa shape index (κ2) is 5.36. The van der Waals surface area contributed by atoms with E-state index < -0.39 is 15.8 Å². The molecule has 0 saturated carbocycles. The molecule has 0 atom stereocenters. The summed E-state index contributed by atoms with van der Waals surface area (Å²) < 4.78 is 22.6. The van der Waals surface area contributed by atoms with Gasteiger partial charge in [0.2, 0.25) is 0 Å². The summed E-state index contributed by atoms with van der Waals surface area (Å²) >= 11 is 1.46. The quantitative estimate of drug-likeness (QED) is 0.898. The molecule has 0 radical (unpaired) electrons. The standard InChI is InChI=1S/C11H15NO4S2/c13-11(14)6-9-7-17-10(12-9)5-8-1-3-18(15,16)4-2-8/h7-8H,1-6H2,(H,13,14). The number of hydrogen-bond donors (Lipinski definition) is 1. The monoisotopic (exact) mass is 289 g/mol. The van der Waals surface area contributed by atoms with Crippen molar-refractivity contribution in [1.82, 2.24) is 4.98 Å². The fourth-order valence-corrected chi connectivity index (χ4v) is 4.57. The highest BCUT2D eigenvalue weighted by Crippen LogP contribution is 2.24. The number of rotatable bonds is 4. The SMILES string of the molecule is O=C(O)Cc1csc(CC2CCS(=O)(=O)CC2)n1. The van der Waals surface area contributed by atoms with Crippen LogP contribution in [-0.4, -0.2) is 36.0 Å². The number of thiazole rings is 1. The van der Waals surface area contributed by atoms with Gasteiger partial charge in [0, 0.05) is 11.8 Å². The number of aromatic nitrogens is 1. The molecule has 0 unspecified atom stereocenters. The fourth-order valence-electron chi connectivity index (χ4n) is 2.07. The number of carboxylic acid groups (broad SMARTS) is 1. The zero-order chi connectivity index (χ0) is 13.2. The predicted molar refractivity (Wildman–Crippen MR) is 68.5 cm³/mol. The average Bonchev–Trinajstić information content (AvgIpc) is 2.68. The van der Waals surface area contributed by atoms with Crippen molar-refractivity contribution < 1.29 is 18.3 Å². The molecule has 0 spiro atoms. The van der Waals surface area contributed by atoms with Crippen LogP contribution in [0.25, 0.3) is 0 Å². The van der Waals surface area contributed by atoms with Crippen LogP contribution in [0.1, 0.15) is 23.5 Å². The number of carbonyl (C=O) groups is 1. The van der Waals surface area contributed by atoms with Crippen molar-refractivity contribution in [1.29, 1.82) is 0 Å². The van der Waals surface area contributed by atoms with E-state index in [-0.39, 0.29) is 17.9 Å². The van der Waals surface area contributed by atoms with E-state index in [4.69, 9.17) is 5.11 Å². The Kier molecular flexibility index (Phi) is 4.01. The third kappa shape index (κ3) is 3.78. The molecule has 2 rings (SSSR count). The van der Waals surface area contributed by atoms with Crippen LogP contribution in [0.2, 0.25) is 0 Å². The highest BCUT2D eigenvalue weighted by Gasteiger charge is 2.24. The highest BCUT2D eigenvalue weighted by molar-refractivity contribution is 7.91. The minimum atomic E-state index is -2.81. The van der Waals surface area contributed by atoms with Crippen LogP contribution in [0.5, 0.6) is 0 Å². The van der Waals surface area contributed by atoms with Gasteiger partial charge in [-0.1, -0.05) is 0 Å². The molecule has 0 aromatic carbocycles. The molecule has 100 valence electrons. The largest absolute Gasteiger partial charge is 0.481 e. The van der Waals surface area contributed by atoms with Crippen molar-refractivity contribution in [2.24, 2.45) is 5.92 Å². The smallest absolute Gasteiger partial charge is 0.309 e. The molecule has 1 aliphatic rings. The number of sulfone groups is 1. The Labute approximate surface area is 110 Å². The topological polar surface area (TPSA) is 84.3 Å². The Morgan fingerprint density at radius 3 is 2.72 bits per heavy atom. The van der Waals surface area contributed by atoms with Gasteiger partial charge in [-0.25, -0.2) is 13.4 Å². The van der Waals surface area contributed by atoms with Crippen LogP contribution in [0.4, 0.5) is 0 Å². The van der Waals surface area contributed by atoms with E-state index in [0.717, 1.165) is 11.4 Å². The van der Waals surface area contributed by atoms with E-state index in [1.165, 1.54) is 11.3 Å². The lowest BCUT2D eigenvalue weighted by atomic mass is 9.99. The van der Waals surface area contributed by atoms with Gasteiger partial charge in [-0.15, -0.1) is 11.3 Å². The maximum absolute atomic E-state index is 11.3. The highest BCUT2D eigenvalue weighted by atomic mass is 32.2. The second-order valence-corrected chi connectivity index (χ2v) is 7.85. The second-order valence-electron chi connectivity index (χ2n) is 4.60. The number of aliphatic carboxylic acids is 1. The summed E-state index contributed by atoms with van der Waals surface area (Å²) in [5, 5.41) is 11.3. The van der Waals surface area contributed by atoms with Gasteiger partial charge in [0.05, 0.1) is 28.6 Å². The zero-order valence-corrected chi connectivity index (χ0v) is 11.5. The first-order valence-electron chi connectivity index (χ1n) is 5.80. The van der Waals surface area contributed by atoms with Crippen LogP contribution < -0.4 is 0 Å². The van der Waals surface area contributed by atoms with Gasteiger partial charge in [-0.05, 0) is 18.8 Å². The summed E-state index contributed by atoms with van der Waals surface area (Å²) in [4.78, 5) is 14.8. The Morgan fingerprint density at radius 1 is 1.44 bits per heavy atom. The van der Waals surface area contributed by atoms with Crippen LogP contribution in [0, 0.1) is 5.92 Å². The minimum absolute atomic E-state index is 0.0461. The maximum atomic E-state index is 11.3. The van der Waals surface area contributed by atoms with Crippen LogP contribution in [0.15, 0.2) is 5.38 Å². The van der Waals surface area contributed by atoms with Gasteiger partial charge in [0.15, 0.2) is 0 Å². The normalized spacial score (nSPS) is 19.8. The maximum Gasteiger partial charge on any atom is 0.309 e. The number of nitrogens with zero attached hydrogens (tertiary/aromatic N) is 1. The average molecular weight is 289 g/mol. The molecule has 2 heterocycles. The third-order valence-electron chi connectivity index (χ3n) is 3.07. The lowest BCUT2D eigenvalue weighted by Crippen LogP contribution is -2.24. The first-order chi connectivity index (χ1) is 8.44. The van der Waals surface area contributed by atoms with Crippen LogP contribution in [0.3, 0.4) is 0 Å². The van der Waals surface area contributed by atoms with Gasteiger partial charge in [-0.3, -0.25) is 4.79 Å². The van der Waals surface area contributed by atoms with Crippen molar-refractivity contribution in [3.8, 4) is 0 Å². The molecule has 1 N–H and O–H groups in total. The molecule has 0 bridgehead atoms. The molecule has 1 aliphatic heterocycles.